The number of anilines is 1. The van der Waals surface area contributed by atoms with Gasteiger partial charge in [-0.05, 0) is 60.9 Å². The Morgan fingerprint density at radius 2 is 1.61 bits per heavy atom. The van der Waals surface area contributed by atoms with Crippen LogP contribution in [-0.2, 0) is 27.2 Å². The number of rotatable bonds is 9. The lowest BCUT2D eigenvalue weighted by molar-refractivity contribution is -0.142. The van der Waals surface area contributed by atoms with Crippen molar-refractivity contribution in [1.29, 1.82) is 0 Å². The molecular formula is C25H26N2O4. The number of para-hydroxylation sites is 1. The molecule has 0 spiro atoms. The molecule has 1 unspecified atom stereocenters. The fraction of sp³-hybridized carbons (Fsp3) is 0.200. The first-order chi connectivity index (χ1) is 15.0. The van der Waals surface area contributed by atoms with E-state index in [1.807, 2.05) is 54.6 Å². The fourth-order valence-electron chi connectivity index (χ4n) is 3.03. The second-order valence-corrected chi connectivity index (χ2v) is 7.04. The molecule has 0 bridgehead atoms. The summed E-state index contributed by atoms with van der Waals surface area (Å²) in [5.74, 6) is 0.869. The first-order valence-corrected chi connectivity index (χ1v) is 10.2. The van der Waals surface area contributed by atoms with E-state index in [0.29, 0.717) is 24.5 Å². The molecule has 0 aliphatic heterocycles. The first kappa shape index (κ1) is 22.1. The van der Waals surface area contributed by atoms with Gasteiger partial charge in [0, 0.05) is 5.69 Å². The molecule has 3 aromatic carbocycles. The smallest absolute Gasteiger partial charge is 0.310 e. The Bertz CT molecular complexity index is 1000. The van der Waals surface area contributed by atoms with Gasteiger partial charge in [0.25, 0.3) is 0 Å². The van der Waals surface area contributed by atoms with Crippen LogP contribution in [0.4, 0.5) is 5.69 Å². The van der Waals surface area contributed by atoms with E-state index in [1.54, 1.807) is 31.2 Å². The van der Waals surface area contributed by atoms with E-state index in [9.17, 15) is 9.59 Å². The Balaban J connectivity index is 1.54. The van der Waals surface area contributed by atoms with Gasteiger partial charge in [-0.15, -0.1) is 0 Å². The predicted molar refractivity (Wildman–Crippen MR) is 120 cm³/mol. The van der Waals surface area contributed by atoms with Gasteiger partial charge >= 0.3 is 5.97 Å². The van der Waals surface area contributed by atoms with Crippen molar-refractivity contribution in [2.24, 2.45) is 5.73 Å². The van der Waals surface area contributed by atoms with Gasteiger partial charge in [-0.25, -0.2) is 0 Å². The summed E-state index contributed by atoms with van der Waals surface area (Å²) in [7, 11) is 0. The van der Waals surface area contributed by atoms with Gasteiger partial charge in [-0.1, -0.05) is 42.5 Å². The highest BCUT2D eigenvalue weighted by Crippen LogP contribution is 2.22. The number of amides is 1. The molecule has 3 aromatic rings. The molecule has 160 valence electrons. The third-order valence-electron chi connectivity index (χ3n) is 4.55. The molecule has 3 N–H and O–H groups in total. The SMILES string of the molecule is CCOC(=O)Cc1ccc(NC(=O)C(N)Cc2cccc(Oc3ccccc3)c2)cc1. The number of ether oxygens (including phenoxy) is 2. The van der Waals surface area contributed by atoms with Crippen LogP contribution in [0.5, 0.6) is 11.5 Å². The monoisotopic (exact) mass is 418 g/mol. The zero-order valence-corrected chi connectivity index (χ0v) is 17.4. The summed E-state index contributed by atoms with van der Waals surface area (Å²) in [5.41, 5.74) is 8.45. The third kappa shape index (κ3) is 6.97. The van der Waals surface area contributed by atoms with E-state index in [0.717, 1.165) is 16.9 Å². The Hall–Kier alpha value is -3.64. The highest BCUT2D eigenvalue weighted by atomic mass is 16.5. The van der Waals surface area contributed by atoms with Crippen molar-refractivity contribution in [3.8, 4) is 11.5 Å². The second-order valence-electron chi connectivity index (χ2n) is 7.04. The number of hydrogen-bond acceptors (Lipinski definition) is 5. The molecule has 0 aliphatic carbocycles. The number of esters is 1. The maximum atomic E-state index is 12.5. The molecule has 1 amide bonds. The maximum absolute atomic E-state index is 12.5. The average molecular weight is 418 g/mol. The van der Waals surface area contributed by atoms with Crippen molar-refractivity contribution in [3.05, 3.63) is 90.0 Å². The first-order valence-electron chi connectivity index (χ1n) is 10.2. The van der Waals surface area contributed by atoms with E-state index in [4.69, 9.17) is 15.2 Å². The second kappa shape index (κ2) is 10.9. The summed E-state index contributed by atoms with van der Waals surface area (Å²) < 4.78 is 10.8. The van der Waals surface area contributed by atoms with Crippen LogP contribution >= 0.6 is 0 Å². The van der Waals surface area contributed by atoms with E-state index in [2.05, 4.69) is 5.32 Å². The molecule has 31 heavy (non-hydrogen) atoms. The Kier molecular flexibility index (Phi) is 7.79. The molecule has 0 aliphatic rings. The summed E-state index contributed by atoms with van der Waals surface area (Å²) in [4.78, 5) is 24.0. The lowest BCUT2D eigenvalue weighted by Gasteiger charge is -2.14. The zero-order chi connectivity index (χ0) is 22.1. The van der Waals surface area contributed by atoms with E-state index in [1.165, 1.54) is 0 Å². The fourth-order valence-corrected chi connectivity index (χ4v) is 3.03. The minimum absolute atomic E-state index is 0.197. The molecule has 0 saturated heterocycles. The van der Waals surface area contributed by atoms with Crippen molar-refractivity contribution >= 4 is 17.6 Å². The summed E-state index contributed by atoms with van der Waals surface area (Å²) in [6.45, 7) is 2.12. The average Bonchev–Trinajstić information content (AvgIpc) is 2.76. The minimum atomic E-state index is -0.716. The van der Waals surface area contributed by atoms with Crippen LogP contribution in [0.15, 0.2) is 78.9 Å². The topological polar surface area (TPSA) is 90.7 Å². The summed E-state index contributed by atoms with van der Waals surface area (Å²) in [5, 5.41) is 2.81. The Morgan fingerprint density at radius 3 is 2.32 bits per heavy atom. The van der Waals surface area contributed by atoms with Crippen molar-refractivity contribution < 1.29 is 19.1 Å². The minimum Gasteiger partial charge on any atom is -0.466 e. The van der Waals surface area contributed by atoms with Crippen molar-refractivity contribution in [2.75, 3.05) is 11.9 Å². The van der Waals surface area contributed by atoms with E-state index in [-0.39, 0.29) is 18.3 Å². The number of hydrogen-bond donors (Lipinski definition) is 2. The Labute approximate surface area is 182 Å². The maximum Gasteiger partial charge on any atom is 0.310 e. The van der Waals surface area contributed by atoms with Gasteiger partial charge in [0.05, 0.1) is 19.1 Å². The molecule has 0 radical (unpaired) electrons. The van der Waals surface area contributed by atoms with Crippen LogP contribution in [0.3, 0.4) is 0 Å². The molecule has 3 rings (SSSR count). The summed E-state index contributed by atoms with van der Waals surface area (Å²) >= 11 is 0. The molecule has 6 nitrogen and oxygen atoms in total. The summed E-state index contributed by atoms with van der Waals surface area (Å²) in [6, 6.07) is 23.4. The van der Waals surface area contributed by atoms with Gasteiger partial charge in [0.15, 0.2) is 0 Å². The largest absolute Gasteiger partial charge is 0.466 e. The van der Waals surface area contributed by atoms with Crippen LogP contribution in [0.25, 0.3) is 0 Å². The lowest BCUT2D eigenvalue weighted by atomic mass is 10.1. The van der Waals surface area contributed by atoms with Gasteiger partial charge in [0.1, 0.15) is 11.5 Å². The van der Waals surface area contributed by atoms with Crippen LogP contribution in [0.2, 0.25) is 0 Å². The zero-order valence-electron chi connectivity index (χ0n) is 17.4. The molecule has 0 heterocycles. The highest BCUT2D eigenvalue weighted by molar-refractivity contribution is 5.94. The molecule has 6 heteroatoms. The van der Waals surface area contributed by atoms with E-state index < -0.39 is 6.04 Å². The normalized spacial score (nSPS) is 11.4. The van der Waals surface area contributed by atoms with Crippen LogP contribution in [0.1, 0.15) is 18.1 Å². The highest BCUT2D eigenvalue weighted by Gasteiger charge is 2.15. The molecule has 0 saturated carbocycles. The van der Waals surface area contributed by atoms with Crippen molar-refractivity contribution in [2.45, 2.75) is 25.8 Å². The number of carbonyl (C=O) groups is 2. The van der Waals surface area contributed by atoms with Gasteiger partial charge in [-0.2, -0.15) is 0 Å². The number of nitrogens with one attached hydrogen (secondary N) is 1. The molecule has 1 atom stereocenters. The van der Waals surface area contributed by atoms with Crippen LogP contribution < -0.4 is 15.8 Å². The lowest BCUT2D eigenvalue weighted by Crippen LogP contribution is -2.37. The van der Waals surface area contributed by atoms with Crippen molar-refractivity contribution in [3.63, 3.8) is 0 Å². The van der Waals surface area contributed by atoms with Crippen molar-refractivity contribution in [1.82, 2.24) is 0 Å². The van der Waals surface area contributed by atoms with E-state index >= 15 is 0 Å². The predicted octanol–water partition coefficient (Wildman–Crippen LogP) is 4.09. The third-order valence-corrected chi connectivity index (χ3v) is 4.55. The molecule has 0 fully saturated rings. The van der Waals surface area contributed by atoms with Gasteiger partial charge in [0.2, 0.25) is 5.91 Å². The molecular weight excluding hydrogens is 392 g/mol. The van der Waals surface area contributed by atoms with Crippen LogP contribution in [-0.4, -0.2) is 24.5 Å². The Morgan fingerprint density at radius 1 is 0.903 bits per heavy atom. The van der Waals surface area contributed by atoms with Gasteiger partial charge in [-0.3, -0.25) is 9.59 Å². The number of benzene rings is 3. The van der Waals surface area contributed by atoms with Crippen LogP contribution in [0, 0.1) is 0 Å². The van der Waals surface area contributed by atoms with Gasteiger partial charge < -0.3 is 20.5 Å². The number of carbonyl (C=O) groups excluding carboxylic acids is 2. The standard InChI is InChI=1S/C25H26N2O4/c1-2-30-24(28)17-18-11-13-20(14-12-18)27-25(29)23(26)16-19-7-6-10-22(15-19)31-21-8-4-3-5-9-21/h3-15,23H,2,16-17,26H2,1H3,(H,27,29). The quantitative estimate of drug-likeness (QED) is 0.511. The number of nitrogens with two attached hydrogens (primary N) is 1. The molecule has 0 aromatic heterocycles. The summed E-state index contributed by atoms with van der Waals surface area (Å²) in [6.07, 6.45) is 0.571.